The summed E-state index contributed by atoms with van der Waals surface area (Å²) in [6.45, 7) is 4.24. The molecule has 0 unspecified atom stereocenters. The minimum Gasteiger partial charge on any atom is -0.390 e. The lowest BCUT2D eigenvalue weighted by Crippen LogP contribution is -2.08. The maximum absolute atomic E-state index is 9.40. The summed E-state index contributed by atoms with van der Waals surface area (Å²) >= 11 is 0. The van der Waals surface area contributed by atoms with Gasteiger partial charge in [0.2, 0.25) is 0 Å². The third-order valence-corrected chi connectivity index (χ3v) is 3.30. The molecule has 1 aromatic heterocycles. The van der Waals surface area contributed by atoms with Gasteiger partial charge in [-0.25, -0.2) is 4.68 Å². The van der Waals surface area contributed by atoms with Crippen LogP contribution < -0.4 is 0 Å². The predicted octanol–water partition coefficient (Wildman–Crippen LogP) is 2.66. The number of para-hydroxylation sites is 1. The van der Waals surface area contributed by atoms with Gasteiger partial charge in [-0.15, -0.1) is 5.10 Å². The van der Waals surface area contributed by atoms with Crippen LogP contribution in [0.4, 0.5) is 0 Å². The van der Waals surface area contributed by atoms with E-state index in [2.05, 4.69) is 24.2 Å². The number of nitrogens with zero attached hydrogens (tertiary/aromatic N) is 3. The van der Waals surface area contributed by atoms with E-state index in [-0.39, 0.29) is 6.61 Å². The number of aromatic nitrogens is 3. The van der Waals surface area contributed by atoms with Crippen molar-refractivity contribution in [1.82, 2.24) is 15.0 Å². The number of aliphatic hydroxyl groups excluding tert-OH is 1. The summed E-state index contributed by atoms with van der Waals surface area (Å²) in [6.07, 6.45) is 2.04. The van der Waals surface area contributed by atoms with Crippen LogP contribution in [0, 0.1) is 0 Å². The molecule has 4 heteroatoms. The van der Waals surface area contributed by atoms with Gasteiger partial charge in [0.25, 0.3) is 0 Å². The fourth-order valence-corrected chi connectivity index (χ4v) is 2.28. The largest absolute Gasteiger partial charge is 0.390 e. The first-order valence-corrected chi connectivity index (χ1v) is 6.42. The first kappa shape index (κ1) is 12.8. The monoisotopic (exact) mass is 245 g/mol. The number of aliphatic hydroxyl groups is 1. The van der Waals surface area contributed by atoms with Gasteiger partial charge in [-0.1, -0.05) is 37.3 Å². The maximum atomic E-state index is 9.40. The van der Waals surface area contributed by atoms with Crippen LogP contribution in [0.15, 0.2) is 30.3 Å². The lowest BCUT2D eigenvalue weighted by Gasteiger charge is -2.15. The van der Waals surface area contributed by atoms with Crippen molar-refractivity contribution in [2.24, 2.45) is 0 Å². The molecule has 0 amide bonds. The van der Waals surface area contributed by atoms with Crippen molar-refractivity contribution >= 4 is 0 Å². The van der Waals surface area contributed by atoms with E-state index < -0.39 is 0 Å². The van der Waals surface area contributed by atoms with Gasteiger partial charge in [-0.3, -0.25) is 0 Å². The van der Waals surface area contributed by atoms with E-state index in [1.807, 2.05) is 35.0 Å². The van der Waals surface area contributed by atoms with Crippen molar-refractivity contribution in [3.05, 3.63) is 41.7 Å². The van der Waals surface area contributed by atoms with Gasteiger partial charge in [-0.05, 0) is 25.0 Å². The van der Waals surface area contributed by atoms with Gasteiger partial charge in [-0.2, -0.15) is 0 Å². The Morgan fingerprint density at radius 2 is 1.83 bits per heavy atom. The fourth-order valence-electron chi connectivity index (χ4n) is 2.28. The third-order valence-electron chi connectivity index (χ3n) is 3.30. The van der Waals surface area contributed by atoms with E-state index in [0.29, 0.717) is 11.6 Å². The highest BCUT2D eigenvalue weighted by Gasteiger charge is 2.20. The van der Waals surface area contributed by atoms with Crippen LogP contribution in [0.25, 0.3) is 5.69 Å². The first-order valence-electron chi connectivity index (χ1n) is 6.42. The van der Waals surface area contributed by atoms with Crippen LogP contribution in [0.1, 0.15) is 44.0 Å². The van der Waals surface area contributed by atoms with Crippen molar-refractivity contribution in [2.45, 2.75) is 39.2 Å². The first-order chi connectivity index (χ1) is 8.81. The Kier molecular flexibility index (Phi) is 4.10. The van der Waals surface area contributed by atoms with Gasteiger partial charge in [0.15, 0.2) is 0 Å². The van der Waals surface area contributed by atoms with Crippen molar-refractivity contribution in [3.8, 4) is 5.69 Å². The molecule has 0 fully saturated rings. The molecule has 2 aromatic rings. The second-order valence-electron chi connectivity index (χ2n) is 4.34. The maximum Gasteiger partial charge on any atom is 0.112 e. The smallest absolute Gasteiger partial charge is 0.112 e. The average Bonchev–Trinajstić information content (AvgIpc) is 2.85. The molecule has 0 bridgehead atoms. The van der Waals surface area contributed by atoms with Gasteiger partial charge in [0.05, 0.1) is 18.0 Å². The van der Waals surface area contributed by atoms with Crippen LogP contribution in [-0.2, 0) is 6.61 Å². The number of hydrogen-bond donors (Lipinski definition) is 1. The zero-order chi connectivity index (χ0) is 13.0. The van der Waals surface area contributed by atoms with Crippen molar-refractivity contribution in [2.75, 3.05) is 0 Å². The molecule has 0 saturated heterocycles. The Morgan fingerprint density at radius 3 is 2.39 bits per heavy atom. The standard InChI is InChI=1S/C14H19N3O/c1-3-11(4-2)14-13(10-18)15-16-17(14)12-8-6-5-7-9-12/h5-9,11,18H,3-4,10H2,1-2H3. The molecule has 0 atom stereocenters. The second-order valence-corrected chi connectivity index (χ2v) is 4.34. The molecule has 96 valence electrons. The van der Waals surface area contributed by atoms with E-state index in [9.17, 15) is 5.11 Å². The summed E-state index contributed by atoms with van der Waals surface area (Å²) in [5.41, 5.74) is 2.72. The summed E-state index contributed by atoms with van der Waals surface area (Å²) < 4.78 is 1.85. The van der Waals surface area contributed by atoms with Crippen molar-refractivity contribution in [1.29, 1.82) is 0 Å². The van der Waals surface area contributed by atoms with Gasteiger partial charge in [0, 0.05) is 5.92 Å². The summed E-state index contributed by atoms with van der Waals surface area (Å²) in [4.78, 5) is 0. The molecule has 18 heavy (non-hydrogen) atoms. The molecule has 0 aliphatic rings. The number of rotatable bonds is 5. The lowest BCUT2D eigenvalue weighted by molar-refractivity contribution is 0.274. The third kappa shape index (κ3) is 2.29. The van der Waals surface area contributed by atoms with Gasteiger partial charge in [0.1, 0.15) is 5.69 Å². The molecular weight excluding hydrogens is 226 g/mol. The minimum atomic E-state index is -0.0569. The van der Waals surface area contributed by atoms with Crippen LogP contribution in [-0.4, -0.2) is 20.1 Å². The Labute approximate surface area is 107 Å². The molecule has 1 aromatic carbocycles. The Morgan fingerprint density at radius 1 is 1.17 bits per heavy atom. The summed E-state index contributed by atoms with van der Waals surface area (Å²) in [5.74, 6) is 0.377. The van der Waals surface area contributed by atoms with E-state index >= 15 is 0 Å². The zero-order valence-electron chi connectivity index (χ0n) is 10.9. The highest BCUT2D eigenvalue weighted by Crippen LogP contribution is 2.27. The molecule has 2 rings (SSSR count). The molecule has 0 aliphatic heterocycles. The highest BCUT2D eigenvalue weighted by atomic mass is 16.3. The zero-order valence-corrected chi connectivity index (χ0v) is 10.9. The van der Waals surface area contributed by atoms with E-state index in [1.54, 1.807) is 0 Å². The quantitative estimate of drug-likeness (QED) is 0.881. The van der Waals surface area contributed by atoms with E-state index in [0.717, 1.165) is 24.2 Å². The van der Waals surface area contributed by atoms with Crippen LogP contribution in [0.2, 0.25) is 0 Å². The predicted molar refractivity (Wildman–Crippen MR) is 70.6 cm³/mol. The Hall–Kier alpha value is -1.68. The molecule has 1 heterocycles. The van der Waals surface area contributed by atoms with Crippen molar-refractivity contribution < 1.29 is 5.11 Å². The lowest BCUT2D eigenvalue weighted by atomic mass is 9.97. The molecule has 1 N–H and O–H groups in total. The average molecular weight is 245 g/mol. The van der Waals surface area contributed by atoms with Crippen LogP contribution in [0.5, 0.6) is 0 Å². The minimum absolute atomic E-state index is 0.0569. The molecule has 4 nitrogen and oxygen atoms in total. The summed E-state index contributed by atoms with van der Waals surface area (Å²) in [6, 6.07) is 9.94. The fraction of sp³-hybridized carbons (Fsp3) is 0.429. The summed E-state index contributed by atoms with van der Waals surface area (Å²) in [7, 11) is 0. The molecule has 0 aliphatic carbocycles. The molecule has 0 spiro atoms. The number of benzene rings is 1. The number of hydrogen-bond acceptors (Lipinski definition) is 3. The van der Waals surface area contributed by atoms with Crippen LogP contribution in [0.3, 0.4) is 0 Å². The Balaban J connectivity index is 2.51. The topological polar surface area (TPSA) is 50.9 Å². The molecular formula is C14H19N3O. The second kappa shape index (κ2) is 5.78. The molecule has 0 saturated carbocycles. The van der Waals surface area contributed by atoms with Crippen LogP contribution >= 0.6 is 0 Å². The van der Waals surface area contributed by atoms with E-state index in [4.69, 9.17) is 0 Å². The normalized spacial score (nSPS) is 11.1. The highest BCUT2D eigenvalue weighted by molar-refractivity contribution is 5.34. The summed E-state index contributed by atoms with van der Waals surface area (Å²) in [5, 5.41) is 17.7. The van der Waals surface area contributed by atoms with Gasteiger partial charge < -0.3 is 5.11 Å². The SMILES string of the molecule is CCC(CC)c1c(CO)nnn1-c1ccccc1. The van der Waals surface area contributed by atoms with E-state index in [1.165, 1.54) is 0 Å². The van der Waals surface area contributed by atoms with Gasteiger partial charge >= 0.3 is 0 Å². The molecule has 0 radical (unpaired) electrons. The van der Waals surface area contributed by atoms with Crippen molar-refractivity contribution in [3.63, 3.8) is 0 Å². The Bertz CT molecular complexity index is 489.